The summed E-state index contributed by atoms with van der Waals surface area (Å²) in [6.45, 7) is 5.00. The molecule has 0 heterocycles. The molecule has 0 atom stereocenters. The first kappa shape index (κ1) is 22.4. The van der Waals surface area contributed by atoms with E-state index in [0.717, 1.165) is 4.31 Å². The molecule has 154 valence electrons. The van der Waals surface area contributed by atoms with E-state index in [1.54, 1.807) is 45.0 Å². The first-order chi connectivity index (χ1) is 13.0. The van der Waals surface area contributed by atoms with Crippen LogP contribution < -0.4 is 9.03 Å². The standard InChI is InChI=1S/C19H26N2O5S2/c1-14-13-15(2)19(27(23,24)20-11-8-12-22)16(3)18(14)21(4)28(25,26)17-9-6-5-7-10-17/h5-7,9-10,13,20,22H,8,11-12H2,1-4H3. The molecular weight excluding hydrogens is 400 g/mol. The lowest BCUT2D eigenvalue weighted by molar-refractivity contribution is 0.289. The van der Waals surface area contributed by atoms with Gasteiger partial charge in [0.15, 0.2) is 0 Å². The molecule has 0 saturated carbocycles. The Morgan fingerprint density at radius 2 is 1.61 bits per heavy atom. The number of hydrogen-bond acceptors (Lipinski definition) is 5. The van der Waals surface area contributed by atoms with Gasteiger partial charge in [-0.05, 0) is 56.0 Å². The van der Waals surface area contributed by atoms with Crippen LogP contribution in [-0.2, 0) is 20.0 Å². The fourth-order valence-corrected chi connectivity index (χ4v) is 6.16. The van der Waals surface area contributed by atoms with Gasteiger partial charge in [-0.25, -0.2) is 21.6 Å². The zero-order valence-corrected chi connectivity index (χ0v) is 18.1. The number of benzene rings is 2. The average molecular weight is 427 g/mol. The molecule has 0 aromatic heterocycles. The Balaban J connectivity index is 2.60. The predicted octanol–water partition coefficient (Wildman–Crippen LogP) is 2.10. The second-order valence-electron chi connectivity index (χ2n) is 6.57. The maximum absolute atomic E-state index is 13.0. The summed E-state index contributed by atoms with van der Waals surface area (Å²) in [5.41, 5.74) is 1.88. The van der Waals surface area contributed by atoms with Crippen LogP contribution in [0.2, 0.25) is 0 Å². The van der Waals surface area contributed by atoms with Gasteiger partial charge < -0.3 is 5.11 Å². The average Bonchev–Trinajstić information content (AvgIpc) is 2.61. The summed E-state index contributed by atoms with van der Waals surface area (Å²) >= 11 is 0. The predicted molar refractivity (Wildman–Crippen MR) is 110 cm³/mol. The number of anilines is 1. The van der Waals surface area contributed by atoms with Gasteiger partial charge in [0.25, 0.3) is 10.0 Å². The van der Waals surface area contributed by atoms with Crippen molar-refractivity contribution in [2.45, 2.75) is 37.0 Å². The van der Waals surface area contributed by atoms with E-state index in [-0.39, 0.29) is 22.9 Å². The minimum absolute atomic E-state index is 0.0566. The smallest absolute Gasteiger partial charge is 0.264 e. The van der Waals surface area contributed by atoms with Gasteiger partial charge in [0.1, 0.15) is 0 Å². The van der Waals surface area contributed by atoms with Gasteiger partial charge in [-0.15, -0.1) is 0 Å². The zero-order valence-electron chi connectivity index (χ0n) is 16.4. The Bertz CT molecular complexity index is 1050. The molecule has 2 aromatic rings. The second-order valence-corrected chi connectivity index (χ2v) is 10.2. The molecule has 0 fully saturated rings. The molecule has 0 aliphatic carbocycles. The van der Waals surface area contributed by atoms with Crippen LogP contribution in [0.25, 0.3) is 0 Å². The third-order valence-corrected chi connectivity index (χ3v) is 7.99. The van der Waals surface area contributed by atoms with Gasteiger partial charge in [-0.1, -0.05) is 24.3 Å². The van der Waals surface area contributed by atoms with E-state index in [2.05, 4.69) is 4.72 Å². The number of hydrogen-bond donors (Lipinski definition) is 2. The summed E-state index contributed by atoms with van der Waals surface area (Å²) in [7, 11) is -6.29. The Morgan fingerprint density at radius 3 is 2.18 bits per heavy atom. The van der Waals surface area contributed by atoms with E-state index < -0.39 is 20.0 Å². The number of rotatable bonds is 8. The maximum Gasteiger partial charge on any atom is 0.264 e. The van der Waals surface area contributed by atoms with Crippen LogP contribution in [0.15, 0.2) is 46.2 Å². The lowest BCUT2D eigenvalue weighted by Gasteiger charge is -2.26. The van der Waals surface area contributed by atoms with Crippen molar-refractivity contribution in [1.82, 2.24) is 4.72 Å². The van der Waals surface area contributed by atoms with Gasteiger partial charge in [0.2, 0.25) is 10.0 Å². The highest BCUT2D eigenvalue weighted by Crippen LogP contribution is 2.34. The molecular formula is C19H26N2O5S2. The van der Waals surface area contributed by atoms with Crippen molar-refractivity contribution >= 4 is 25.7 Å². The molecule has 0 aliphatic rings. The Morgan fingerprint density at radius 1 is 1.00 bits per heavy atom. The molecule has 0 spiro atoms. The van der Waals surface area contributed by atoms with Crippen LogP contribution in [-0.4, -0.2) is 42.1 Å². The number of nitrogens with one attached hydrogen (secondary N) is 1. The Kier molecular flexibility index (Phi) is 6.87. The summed E-state index contributed by atoms with van der Waals surface area (Å²) in [5, 5.41) is 8.89. The minimum Gasteiger partial charge on any atom is -0.396 e. The van der Waals surface area contributed by atoms with Gasteiger partial charge in [-0.3, -0.25) is 4.31 Å². The summed E-state index contributed by atoms with van der Waals surface area (Å²) in [4.78, 5) is 0.184. The van der Waals surface area contributed by atoms with Crippen molar-refractivity contribution in [1.29, 1.82) is 0 Å². The summed E-state index contributed by atoms with van der Waals surface area (Å²) in [6, 6.07) is 9.66. The van der Waals surface area contributed by atoms with Crippen LogP contribution in [0.3, 0.4) is 0 Å². The van der Waals surface area contributed by atoms with Gasteiger partial charge in [0.05, 0.1) is 15.5 Å². The molecule has 0 unspecified atom stereocenters. The topological polar surface area (TPSA) is 104 Å². The minimum atomic E-state index is -3.86. The van der Waals surface area contributed by atoms with Crippen LogP contribution in [0.5, 0.6) is 0 Å². The largest absolute Gasteiger partial charge is 0.396 e. The Hall–Kier alpha value is -1.94. The van der Waals surface area contributed by atoms with Crippen molar-refractivity contribution in [3.05, 3.63) is 53.1 Å². The van der Waals surface area contributed by atoms with E-state index in [9.17, 15) is 16.8 Å². The maximum atomic E-state index is 13.0. The molecule has 28 heavy (non-hydrogen) atoms. The molecule has 9 heteroatoms. The number of nitrogens with zero attached hydrogens (tertiary/aromatic N) is 1. The zero-order chi connectivity index (χ0) is 21.1. The highest BCUT2D eigenvalue weighted by molar-refractivity contribution is 7.92. The SMILES string of the molecule is Cc1cc(C)c(S(=O)(=O)NCCCO)c(C)c1N(C)S(=O)(=O)c1ccccc1. The number of aryl methyl sites for hydroxylation is 2. The van der Waals surface area contributed by atoms with Gasteiger partial charge in [-0.2, -0.15) is 0 Å². The van der Waals surface area contributed by atoms with Crippen LogP contribution >= 0.6 is 0 Å². The number of aliphatic hydroxyl groups is 1. The van der Waals surface area contributed by atoms with Crippen LogP contribution in [0.4, 0.5) is 5.69 Å². The van der Waals surface area contributed by atoms with Crippen molar-refractivity contribution in [3.63, 3.8) is 0 Å². The second kappa shape index (κ2) is 8.60. The first-order valence-electron chi connectivity index (χ1n) is 8.79. The lowest BCUT2D eigenvalue weighted by Crippen LogP contribution is -2.30. The molecule has 0 saturated heterocycles. The third-order valence-electron chi connectivity index (χ3n) is 4.47. The molecule has 0 aliphatic heterocycles. The highest BCUT2D eigenvalue weighted by atomic mass is 32.2. The first-order valence-corrected chi connectivity index (χ1v) is 11.7. The molecule has 0 radical (unpaired) electrons. The monoisotopic (exact) mass is 426 g/mol. The van der Waals surface area contributed by atoms with Crippen molar-refractivity contribution in [2.24, 2.45) is 0 Å². The normalized spacial score (nSPS) is 12.2. The van der Waals surface area contributed by atoms with Crippen molar-refractivity contribution in [2.75, 3.05) is 24.5 Å². The number of sulfonamides is 2. The molecule has 2 N–H and O–H groups in total. The lowest BCUT2D eigenvalue weighted by atomic mass is 10.1. The van der Waals surface area contributed by atoms with E-state index in [1.165, 1.54) is 19.2 Å². The fraction of sp³-hybridized carbons (Fsp3) is 0.368. The number of aliphatic hydroxyl groups excluding tert-OH is 1. The highest BCUT2D eigenvalue weighted by Gasteiger charge is 2.28. The summed E-state index contributed by atoms with van der Waals surface area (Å²) in [6.07, 6.45) is 0.290. The third kappa shape index (κ3) is 4.38. The quantitative estimate of drug-likeness (QED) is 0.629. The molecule has 0 amide bonds. The molecule has 2 rings (SSSR count). The Labute approximate surface area is 167 Å². The molecule has 7 nitrogen and oxygen atoms in total. The summed E-state index contributed by atoms with van der Waals surface area (Å²) < 4.78 is 55.2. The van der Waals surface area contributed by atoms with Gasteiger partial charge >= 0.3 is 0 Å². The van der Waals surface area contributed by atoms with Crippen molar-refractivity contribution in [3.8, 4) is 0 Å². The van der Waals surface area contributed by atoms with E-state index in [1.807, 2.05) is 0 Å². The van der Waals surface area contributed by atoms with E-state index in [4.69, 9.17) is 5.11 Å². The van der Waals surface area contributed by atoms with Crippen LogP contribution in [0, 0.1) is 20.8 Å². The van der Waals surface area contributed by atoms with Crippen LogP contribution in [0.1, 0.15) is 23.1 Å². The molecule has 2 aromatic carbocycles. The van der Waals surface area contributed by atoms with Gasteiger partial charge in [0, 0.05) is 20.2 Å². The fourth-order valence-electron chi connectivity index (χ4n) is 3.28. The van der Waals surface area contributed by atoms with E-state index >= 15 is 0 Å². The van der Waals surface area contributed by atoms with Crippen molar-refractivity contribution < 1.29 is 21.9 Å². The summed E-state index contributed by atoms with van der Waals surface area (Å²) in [5.74, 6) is 0. The molecule has 0 bridgehead atoms. The van der Waals surface area contributed by atoms with E-state index in [0.29, 0.717) is 28.8 Å².